The Hall–Kier alpha value is -2.70. The number of fused-ring (bicyclic) bond motifs is 2. The number of para-hydroxylation sites is 4. The molecule has 4 N–H and O–H groups in total. The van der Waals surface area contributed by atoms with Crippen LogP contribution >= 0.6 is 0 Å². The maximum atomic E-state index is 4.53. The standard InChI is InChI=1S/C17H18N6/c1-2-6-13-12(5-1)20-16(21-13)9-18-11-19-10-17-22-14-7-3-4-8-15(14)23-17/h1-8,18-19H,9-11H2,(H,20,21)(H,22,23). The van der Waals surface area contributed by atoms with Gasteiger partial charge in [0.05, 0.1) is 35.2 Å². The van der Waals surface area contributed by atoms with E-state index in [4.69, 9.17) is 0 Å². The molecule has 0 aliphatic rings. The first kappa shape index (κ1) is 13.9. The number of aromatic nitrogens is 4. The van der Waals surface area contributed by atoms with Crippen molar-refractivity contribution in [2.45, 2.75) is 13.1 Å². The Morgan fingerprint density at radius 2 is 1.17 bits per heavy atom. The van der Waals surface area contributed by atoms with Crippen LogP contribution in [0.15, 0.2) is 48.5 Å². The van der Waals surface area contributed by atoms with Crippen LogP contribution in [0.5, 0.6) is 0 Å². The third-order valence-electron chi connectivity index (χ3n) is 3.71. The average Bonchev–Trinajstić information content (AvgIpc) is 3.17. The van der Waals surface area contributed by atoms with Gasteiger partial charge in [-0.05, 0) is 24.3 Å². The number of aromatic amines is 2. The fourth-order valence-electron chi connectivity index (χ4n) is 2.63. The molecular formula is C17H18N6. The Bertz CT molecular complexity index is 781. The molecule has 0 bridgehead atoms. The van der Waals surface area contributed by atoms with Gasteiger partial charge in [0.25, 0.3) is 0 Å². The molecule has 0 spiro atoms. The number of hydrogen-bond acceptors (Lipinski definition) is 4. The lowest BCUT2D eigenvalue weighted by molar-refractivity contribution is 0.564. The van der Waals surface area contributed by atoms with Crippen molar-refractivity contribution >= 4 is 22.1 Å². The summed E-state index contributed by atoms with van der Waals surface area (Å²) < 4.78 is 0. The van der Waals surface area contributed by atoms with E-state index in [1.54, 1.807) is 0 Å². The normalized spacial score (nSPS) is 11.5. The third kappa shape index (κ3) is 3.08. The van der Waals surface area contributed by atoms with Gasteiger partial charge in [0.15, 0.2) is 0 Å². The Morgan fingerprint density at radius 1 is 0.696 bits per heavy atom. The lowest BCUT2D eigenvalue weighted by Crippen LogP contribution is -2.28. The Labute approximate surface area is 133 Å². The van der Waals surface area contributed by atoms with E-state index < -0.39 is 0 Å². The average molecular weight is 306 g/mol. The van der Waals surface area contributed by atoms with Gasteiger partial charge in [0, 0.05) is 6.67 Å². The van der Waals surface area contributed by atoms with Crippen LogP contribution in [0.1, 0.15) is 11.6 Å². The smallest absolute Gasteiger partial charge is 0.121 e. The summed E-state index contributed by atoms with van der Waals surface area (Å²) in [6, 6.07) is 16.1. The molecule has 6 nitrogen and oxygen atoms in total. The van der Waals surface area contributed by atoms with Gasteiger partial charge in [0.2, 0.25) is 0 Å². The molecule has 0 aliphatic heterocycles. The molecular weight excluding hydrogens is 288 g/mol. The van der Waals surface area contributed by atoms with Crippen LogP contribution in [0.4, 0.5) is 0 Å². The zero-order chi connectivity index (χ0) is 15.5. The van der Waals surface area contributed by atoms with Crippen molar-refractivity contribution in [2.75, 3.05) is 6.67 Å². The van der Waals surface area contributed by atoms with Crippen molar-refractivity contribution in [1.82, 2.24) is 30.6 Å². The van der Waals surface area contributed by atoms with Crippen LogP contribution in [0.2, 0.25) is 0 Å². The number of hydrogen-bond donors (Lipinski definition) is 4. The highest BCUT2D eigenvalue weighted by molar-refractivity contribution is 5.75. The number of nitrogens with zero attached hydrogens (tertiary/aromatic N) is 2. The lowest BCUT2D eigenvalue weighted by atomic mass is 10.3. The van der Waals surface area contributed by atoms with Crippen molar-refractivity contribution in [2.24, 2.45) is 0 Å². The molecule has 0 unspecified atom stereocenters. The van der Waals surface area contributed by atoms with Gasteiger partial charge in [-0.25, -0.2) is 9.97 Å². The number of benzene rings is 2. The van der Waals surface area contributed by atoms with E-state index in [0.717, 1.165) is 33.7 Å². The van der Waals surface area contributed by atoms with Crippen molar-refractivity contribution in [1.29, 1.82) is 0 Å². The molecule has 0 aliphatic carbocycles. The van der Waals surface area contributed by atoms with E-state index in [0.29, 0.717) is 19.8 Å². The highest BCUT2D eigenvalue weighted by Crippen LogP contribution is 2.10. The molecule has 4 aromatic rings. The summed E-state index contributed by atoms with van der Waals surface area (Å²) in [5, 5.41) is 6.64. The molecule has 0 fully saturated rings. The minimum Gasteiger partial charge on any atom is -0.341 e. The first-order chi connectivity index (χ1) is 11.4. The molecule has 116 valence electrons. The van der Waals surface area contributed by atoms with Crippen molar-refractivity contribution < 1.29 is 0 Å². The second-order valence-electron chi connectivity index (χ2n) is 5.43. The van der Waals surface area contributed by atoms with Gasteiger partial charge in [-0.1, -0.05) is 24.3 Å². The van der Waals surface area contributed by atoms with E-state index in [-0.39, 0.29) is 0 Å². The second kappa shape index (κ2) is 6.20. The largest absolute Gasteiger partial charge is 0.341 e. The zero-order valence-corrected chi connectivity index (χ0v) is 12.6. The van der Waals surface area contributed by atoms with Crippen molar-refractivity contribution in [3.8, 4) is 0 Å². The minimum atomic E-state index is 0.689. The monoisotopic (exact) mass is 306 g/mol. The van der Waals surface area contributed by atoms with Gasteiger partial charge >= 0.3 is 0 Å². The van der Waals surface area contributed by atoms with Crippen molar-refractivity contribution in [3.05, 3.63) is 60.2 Å². The topological polar surface area (TPSA) is 81.4 Å². The molecule has 2 aromatic heterocycles. The third-order valence-corrected chi connectivity index (χ3v) is 3.71. The van der Waals surface area contributed by atoms with Crippen LogP contribution in [-0.4, -0.2) is 26.6 Å². The summed E-state index contributed by atoms with van der Waals surface area (Å²) in [4.78, 5) is 15.7. The van der Waals surface area contributed by atoms with Gasteiger partial charge < -0.3 is 9.97 Å². The zero-order valence-electron chi connectivity index (χ0n) is 12.6. The lowest BCUT2D eigenvalue weighted by Gasteiger charge is -2.03. The van der Waals surface area contributed by atoms with Crippen LogP contribution in [0, 0.1) is 0 Å². The molecule has 0 amide bonds. The van der Waals surface area contributed by atoms with E-state index >= 15 is 0 Å². The fourth-order valence-corrected chi connectivity index (χ4v) is 2.63. The number of rotatable bonds is 6. The highest BCUT2D eigenvalue weighted by atomic mass is 15.1. The summed E-state index contributed by atoms with van der Waals surface area (Å²) in [5.74, 6) is 1.88. The number of imidazole rings is 2. The molecule has 2 heterocycles. The number of nitrogens with one attached hydrogen (secondary N) is 4. The first-order valence-corrected chi connectivity index (χ1v) is 7.67. The molecule has 0 radical (unpaired) electrons. The Morgan fingerprint density at radius 3 is 1.65 bits per heavy atom. The Kier molecular flexibility index (Phi) is 3.75. The van der Waals surface area contributed by atoms with Crippen molar-refractivity contribution in [3.63, 3.8) is 0 Å². The summed E-state index contributed by atoms with van der Waals surface area (Å²) in [7, 11) is 0. The molecule has 23 heavy (non-hydrogen) atoms. The van der Waals surface area contributed by atoms with Gasteiger partial charge in [0.1, 0.15) is 11.6 Å². The quantitative estimate of drug-likeness (QED) is 0.325. The summed E-state index contributed by atoms with van der Waals surface area (Å²) >= 11 is 0. The predicted molar refractivity (Wildman–Crippen MR) is 90.7 cm³/mol. The first-order valence-electron chi connectivity index (χ1n) is 7.67. The minimum absolute atomic E-state index is 0.689. The molecule has 0 saturated carbocycles. The SMILES string of the molecule is c1ccc2[nH]c(CNCNCc3nc4ccccc4[nH]3)nc2c1. The summed E-state index contributed by atoms with van der Waals surface area (Å²) in [5.41, 5.74) is 4.14. The van der Waals surface area contributed by atoms with E-state index in [1.165, 1.54) is 0 Å². The summed E-state index contributed by atoms with van der Waals surface area (Å²) in [6.45, 7) is 2.08. The van der Waals surface area contributed by atoms with E-state index in [2.05, 4.69) is 30.6 Å². The predicted octanol–water partition coefficient (Wildman–Crippen LogP) is 2.28. The molecule has 0 saturated heterocycles. The van der Waals surface area contributed by atoms with Crippen LogP contribution < -0.4 is 10.6 Å². The second-order valence-corrected chi connectivity index (χ2v) is 5.43. The van der Waals surface area contributed by atoms with Crippen LogP contribution in [0.3, 0.4) is 0 Å². The summed E-state index contributed by atoms with van der Waals surface area (Å²) in [6.07, 6.45) is 0. The fraction of sp³-hybridized carbons (Fsp3) is 0.176. The van der Waals surface area contributed by atoms with Gasteiger partial charge in [-0.15, -0.1) is 0 Å². The highest BCUT2D eigenvalue weighted by Gasteiger charge is 2.02. The maximum absolute atomic E-state index is 4.53. The van der Waals surface area contributed by atoms with Crippen LogP contribution in [0.25, 0.3) is 22.1 Å². The van der Waals surface area contributed by atoms with Gasteiger partial charge in [-0.2, -0.15) is 0 Å². The molecule has 6 heteroatoms. The van der Waals surface area contributed by atoms with E-state index in [1.807, 2.05) is 48.5 Å². The van der Waals surface area contributed by atoms with E-state index in [9.17, 15) is 0 Å². The molecule has 4 rings (SSSR count). The maximum Gasteiger partial charge on any atom is 0.121 e. The molecule has 0 atom stereocenters. The van der Waals surface area contributed by atoms with Gasteiger partial charge in [-0.3, -0.25) is 10.6 Å². The molecule has 2 aromatic carbocycles. The Balaban J connectivity index is 1.27. The number of H-pyrrole nitrogens is 2. The van der Waals surface area contributed by atoms with Crippen LogP contribution in [-0.2, 0) is 13.1 Å².